The highest BCUT2D eigenvalue weighted by Gasteiger charge is 2.18. The quantitative estimate of drug-likeness (QED) is 0.469. The number of benzene rings is 2. The summed E-state index contributed by atoms with van der Waals surface area (Å²) in [6.07, 6.45) is -1.19. The summed E-state index contributed by atoms with van der Waals surface area (Å²) in [6.45, 7) is 1.79. The van der Waals surface area contributed by atoms with Crippen molar-refractivity contribution in [3.05, 3.63) is 71.9 Å². The van der Waals surface area contributed by atoms with Crippen LogP contribution in [0.3, 0.4) is 0 Å². The summed E-state index contributed by atoms with van der Waals surface area (Å²) in [4.78, 5) is 21.8. The summed E-state index contributed by atoms with van der Waals surface area (Å²) < 4.78 is 13.2. The summed E-state index contributed by atoms with van der Waals surface area (Å²) in [5, 5.41) is 20.6. The first-order valence-corrected chi connectivity index (χ1v) is 8.80. The molecule has 0 aliphatic rings. The lowest BCUT2D eigenvalue weighted by Crippen LogP contribution is -2.29. The van der Waals surface area contributed by atoms with Crippen molar-refractivity contribution in [3.8, 4) is 0 Å². The molecule has 9 heteroatoms. The van der Waals surface area contributed by atoms with Gasteiger partial charge in [0, 0.05) is 22.8 Å². The number of aryl methyl sites for hydroxylation is 1. The van der Waals surface area contributed by atoms with Crippen LogP contribution in [0.25, 0.3) is 10.9 Å². The topological polar surface area (TPSA) is 107 Å². The third-order valence-corrected chi connectivity index (χ3v) is 4.27. The van der Waals surface area contributed by atoms with Gasteiger partial charge >= 0.3 is 6.09 Å². The number of halogens is 1. The maximum absolute atomic E-state index is 13.2. The van der Waals surface area contributed by atoms with E-state index < -0.39 is 11.9 Å². The van der Waals surface area contributed by atoms with Gasteiger partial charge in [0.1, 0.15) is 11.6 Å². The van der Waals surface area contributed by atoms with E-state index >= 15 is 0 Å². The second kappa shape index (κ2) is 7.55. The first-order chi connectivity index (χ1) is 14.0. The largest absolute Gasteiger partial charge is 0.465 e. The summed E-state index contributed by atoms with van der Waals surface area (Å²) in [5.41, 5.74) is 1.88. The van der Waals surface area contributed by atoms with Crippen LogP contribution in [0.2, 0.25) is 0 Å². The summed E-state index contributed by atoms with van der Waals surface area (Å²) in [7, 11) is 0. The molecular formula is C20H17FN6O2. The Morgan fingerprint density at radius 1 is 1.17 bits per heavy atom. The number of carboxylic acid groups (broad SMARTS) is 1. The highest BCUT2D eigenvalue weighted by Crippen LogP contribution is 2.25. The molecule has 2 aromatic carbocycles. The fourth-order valence-electron chi connectivity index (χ4n) is 2.93. The number of nitrogens with zero attached hydrogens (tertiary/aromatic N) is 4. The van der Waals surface area contributed by atoms with E-state index in [4.69, 9.17) is 0 Å². The number of H-pyrrole nitrogens is 1. The van der Waals surface area contributed by atoms with E-state index in [1.54, 1.807) is 0 Å². The zero-order valence-corrected chi connectivity index (χ0v) is 15.4. The van der Waals surface area contributed by atoms with E-state index in [-0.39, 0.29) is 6.54 Å². The fourth-order valence-corrected chi connectivity index (χ4v) is 2.93. The Hall–Kier alpha value is -4.01. The summed E-state index contributed by atoms with van der Waals surface area (Å²) in [5.74, 6) is 0.958. The van der Waals surface area contributed by atoms with Crippen LogP contribution in [0.1, 0.15) is 11.5 Å². The van der Waals surface area contributed by atoms with Gasteiger partial charge in [0.15, 0.2) is 11.6 Å². The minimum atomic E-state index is -1.19. The number of hydrogen-bond acceptors (Lipinski definition) is 5. The molecule has 4 aromatic rings. The smallest absolute Gasteiger partial charge is 0.412 e. The molecule has 0 aliphatic carbocycles. The van der Waals surface area contributed by atoms with Crippen LogP contribution in [0, 0.1) is 12.7 Å². The van der Waals surface area contributed by atoms with Crippen LogP contribution in [-0.2, 0) is 6.54 Å². The van der Waals surface area contributed by atoms with Gasteiger partial charge in [-0.15, -0.1) is 0 Å². The number of rotatable bonds is 5. The lowest BCUT2D eigenvalue weighted by Gasteiger charge is -2.19. The number of fused-ring (bicyclic) bond motifs is 1. The first kappa shape index (κ1) is 18.4. The van der Waals surface area contributed by atoms with E-state index in [2.05, 4.69) is 25.5 Å². The van der Waals surface area contributed by atoms with E-state index in [0.717, 1.165) is 16.0 Å². The van der Waals surface area contributed by atoms with Crippen molar-refractivity contribution in [2.24, 2.45) is 0 Å². The predicted molar refractivity (Wildman–Crippen MR) is 107 cm³/mol. The monoisotopic (exact) mass is 392 g/mol. The van der Waals surface area contributed by atoms with Crippen LogP contribution in [0.4, 0.5) is 26.5 Å². The lowest BCUT2D eigenvalue weighted by atomic mass is 10.2. The molecule has 0 radical (unpaired) electrons. The fraction of sp³-hybridized carbons (Fsp3) is 0.100. The molecule has 0 aliphatic heterocycles. The maximum Gasteiger partial charge on any atom is 0.412 e. The Bertz CT molecular complexity index is 1180. The Balaban J connectivity index is 1.72. The minimum absolute atomic E-state index is 0.0971. The van der Waals surface area contributed by atoms with Crippen LogP contribution >= 0.6 is 0 Å². The molecule has 0 spiro atoms. The summed E-state index contributed by atoms with van der Waals surface area (Å²) >= 11 is 0. The number of aromatic amines is 1. The normalized spacial score (nSPS) is 10.8. The Morgan fingerprint density at radius 2 is 1.93 bits per heavy atom. The maximum atomic E-state index is 13.2. The molecule has 2 heterocycles. The molecule has 8 nitrogen and oxygen atoms in total. The zero-order chi connectivity index (χ0) is 20.4. The zero-order valence-electron chi connectivity index (χ0n) is 15.4. The number of para-hydroxylation sites is 1. The van der Waals surface area contributed by atoms with Crippen LogP contribution in [0.15, 0.2) is 54.6 Å². The van der Waals surface area contributed by atoms with Crippen LogP contribution in [0.5, 0.6) is 0 Å². The molecule has 1 amide bonds. The molecular weight excluding hydrogens is 375 g/mol. The van der Waals surface area contributed by atoms with E-state index in [1.807, 2.05) is 37.3 Å². The number of anilines is 3. The second-order valence-electron chi connectivity index (χ2n) is 6.41. The van der Waals surface area contributed by atoms with E-state index in [0.29, 0.717) is 28.7 Å². The number of amides is 1. The average molecular weight is 392 g/mol. The molecule has 0 unspecified atom stereocenters. The van der Waals surface area contributed by atoms with Crippen LogP contribution < -0.4 is 10.2 Å². The van der Waals surface area contributed by atoms with Crippen LogP contribution in [-0.4, -0.2) is 31.4 Å². The van der Waals surface area contributed by atoms with Crippen molar-refractivity contribution < 1.29 is 14.3 Å². The van der Waals surface area contributed by atoms with E-state index in [9.17, 15) is 14.3 Å². The molecule has 0 atom stereocenters. The van der Waals surface area contributed by atoms with Crippen molar-refractivity contribution in [1.82, 2.24) is 20.2 Å². The number of nitrogens with one attached hydrogen (secondary N) is 2. The molecule has 0 saturated carbocycles. The Kier molecular flexibility index (Phi) is 4.78. The van der Waals surface area contributed by atoms with Gasteiger partial charge in [0.25, 0.3) is 0 Å². The molecule has 0 fully saturated rings. The third kappa shape index (κ3) is 3.98. The number of carbonyl (C=O) groups is 1. The van der Waals surface area contributed by atoms with Crippen molar-refractivity contribution in [3.63, 3.8) is 0 Å². The Labute approximate surface area is 165 Å². The third-order valence-electron chi connectivity index (χ3n) is 4.27. The minimum Gasteiger partial charge on any atom is -0.465 e. The number of hydrogen-bond donors (Lipinski definition) is 3. The molecule has 4 rings (SSSR count). The molecule has 29 heavy (non-hydrogen) atoms. The highest BCUT2D eigenvalue weighted by atomic mass is 19.1. The SMILES string of the molecule is Cc1cc(Nc2nc(CN(C(=O)O)c3ccc(F)cc3)nc3ccccc23)n[nH]1. The number of aromatic nitrogens is 4. The molecule has 2 aromatic heterocycles. The standard InChI is InChI=1S/C20H17FN6O2/c1-12-10-17(26-25-12)23-19-15-4-2-3-5-16(15)22-18(24-19)11-27(20(28)29)14-8-6-13(21)7-9-14/h2-10H,11H2,1H3,(H,28,29)(H2,22,23,24,25,26). The van der Waals surface area contributed by atoms with Gasteiger partial charge in [-0.05, 0) is 43.3 Å². The van der Waals surface area contributed by atoms with Gasteiger partial charge < -0.3 is 10.4 Å². The van der Waals surface area contributed by atoms with Gasteiger partial charge in [-0.3, -0.25) is 10.00 Å². The average Bonchev–Trinajstić information content (AvgIpc) is 3.11. The summed E-state index contributed by atoms with van der Waals surface area (Å²) in [6, 6.07) is 14.5. The lowest BCUT2D eigenvalue weighted by molar-refractivity contribution is 0.201. The Morgan fingerprint density at radius 3 is 2.62 bits per heavy atom. The van der Waals surface area contributed by atoms with Crippen molar-refractivity contribution in [1.29, 1.82) is 0 Å². The van der Waals surface area contributed by atoms with Gasteiger partial charge in [0.2, 0.25) is 0 Å². The molecule has 3 N–H and O–H groups in total. The van der Waals surface area contributed by atoms with Gasteiger partial charge in [-0.1, -0.05) is 12.1 Å². The van der Waals surface area contributed by atoms with Gasteiger partial charge in [-0.25, -0.2) is 19.2 Å². The molecule has 146 valence electrons. The molecule has 0 bridgehead atoms. The van der Waals surface area contributed by atoms with Gasteiger partial charge in [0.05, 0.1) is 12.1 Å². The molecule has 0 saturated heterocycles. The van der Waals surface area contributed by atoms with Crippen molar-refractivity contribution >= 4 is 34.3 Å². The van der Waals surface area contributed by atoms with E-state index in [1.165, 1.54) is 24.3 Å². The second-order valence-corrected chi connectivity index (χ2v) is 6.41. The first-order valence-electron chi connectivity index (χ1n) is 8.80. The highest BCUT2D eigenvalue weighted by molar-refractivity contribution is 5.91. The van der Waals surface area contributed by atoms with Gasteiger partial charge in [-0.2, -0.15) is 5.10 Å². The predicted octanol–water partition coefficient (Wildman–Crippen LogP) is 4.23. The van der Waals surface area contributed by atoms with Crippen molar-refractivity contribution in [2.45, 2.75) is 13.5 Å². The van der Waals surface area contributed by atoms with Crippen molar-refractivity contribution in [2.75, 3.05) is 10.2 Å².